The van der Waals surface area contributed by atoms with Gasteiger partial charge in [0.1, 0.15) is 23.8 Å². The van der Waals surface area contributed by atoms with E-state index in [0.717, 1.165) is 6.07 Å². The second-order valence-corrected chi connectivity index (χ2v) is 15.8. The smallest absolute Gasteiger partial charge is 0.249 e. The maximum Gasteiger partial charge on any atom is 0.249 e. The van der Waals surface area contributed by atoms with Crippen LogP contribution < -0.4 is 10.6 Å². The zero-order valence-electron chi connectivity index (χ0n) is 30.8. The third kappa shape index (κ3) is 14.5. The minimum atomic E-state index is -1.37. The first kappa shape index (κ1) is 47.8. The predicted molar refractivity (Wildman–Crippen MR) is 206 cm³/mol. The van der Waals surface area contributed by atoms with E-state index in [1.54, 1.807) is 34.6 Å². The summed E-state index contributed by atoms with van der Waals surface area (Å²) in [6.07, 6.45) is -1.90. The number of hydrogen-bond donors (Lipinski definition) is 4. The zero-order valence-corrected chi connectivity index (χ0v) is 34.6. The molecule has 0 saturated carbocycles. The number of ketones is 2. The third-order valence-corrected chi connectivity index (χ3v) is 8.78. The van der Waals surface area contributed by atoms with Gasteiger partial charge in [-0.15, -0.1) is 24.0 Å². The Kier molecular flexibility index (Phi) is 18.8. The van der Waals surface area contributed by atoms with Gasteiger partial charge in [-0.05, 0) is 62.1 Å². The Morgan fingerprint density at radius 3 is 1.77 bits per heavy atom. The number of rotatable bonds is 14. The average Bonchev–Trinajstić information content (AvgIpc) is 3.05. The van der Waals surface area contributed by atoms with Gasteiger partial charge in [0.25, 0.3) is 0 Å². The van der Waals surface area contributed by atoms with E-state index in [1.807, 2.05) is 20.8 Å². The SMILES string of the molecule is C[C@@H](CNC(=O)[C@@H]1OC(C)(C)OCC1(C)C)CC(=O)c1cc(Cl)ccc1F.C[C@@H](CNC(=O)[C@H](O)C(C)(C)CO)CC(=O)c1cc(Cl)ccc1F.I. The normalized spacial score (nSPS) is 18.0. The summed E-state index contributed by atoms with van der Waals surface area (Å²) >= 11 is 11.6. The number of amides is 2. The molecule has 2 aromatic carbocycles. The molecule has 292 valence electrons. The number of halogens is 5. The van der Waals surface area contributed by atoms with Gasteiger partial charge < -0.3 is 30.3 Å². The molecule has 0 bridgehead atoms. The van der Waals surface area contributed by atoms with Gasteiger partial charge in [-0.3, -0.25) is 19.2 Å². The number of Topliss-reactive ketones (excluding diaryl/α,β-unsaturated/α-hetero) is 2. The number of ether oxygens (including phenoxy) is 2. The molecule has 3 rings (SSSR count). The van der Waals surface area contributed by atoms with Gasteiger partial charge in [-0.1, -0.05) is 64.7 Å². The van der Waals surface area contributed by atoms with Crippen LogP contribution in [0.15, 0.2) is 36.4 Å². The van der Waals surface area contributed by atoms with Crippen molar-refractivity contribution in [3.05, 3.63) is 69.2 Å². The number of aliphatic hydroxyl groups is 2. The first-order chi connectivity index (χ1) is 23.5. The average molecular weight is 888 g/mol. The summed E-state index contributed by atoms with van der Waals surface area (Å²) in [6.45, 7) is 14.5. The molecule has 4 atom stereocenters. The largest absolute Gasteiger partial charge is 0.396 e. The highest BCUT2D eigenvalue weighted by Gasteiger charge is 2.45. The van der Waals surface area contributed by atoms with Crippen LogP contribution >= 0.6 is 47.2 Å². The molecule has 0 unspecified atom stereocenters. The molecular weight excluding hydrogens is 836 g/mol. The van der Waals surface area contributed by atoms with Crippen molar-refractivity contribution in [2.24, 2.45) is 22.7 Å². The van der Waals surface area contributed by atoms with Gasteiger partial charge in [0.05, 0.1) is 24.3 Å². The Morgan fingerprint density at radius 2 is 1.33 bits per heavy atom. The quantitative estimate of drug-likeness (QED) is 0.120. The molecule has 1 aliphatic rings. The second kappa shape index (κ2) is 20.4. The summed E-state index contributed by atoms with van der Waals surface area (Å²) in [5.41, 5.74) is -1.55. The molecule has 52 heavy (non-hydrogen) atoms. The van der Waals surface area contributed by atoms with Crippen LogP contribution in [-0.2, 0) is 19.1 Å². The summed E-state index contributed by atoms with van der Waals surface area (Å²) < 4.78 is 38.9. The van der Waals surface area contributed by atoms with Crippen molar-refractivity contribution in [1.82, 2.24) is 10.6 Å². The molecule has 15 heteroatoms. The van der Waals surface area contributed by atoms with Gasteiger partial charge in [0, 0.05) is 46.8 Å². The van der Waals surface area contributed by atoms with Gasteiger partial charge >= 0.3 is 0 Å². The zero-order chi connectivity index (χ0) is 38.9. The second-order valence-electron chi connectivity index (χ2n) is 14.9. The molecule has 1 heterocycles. The van der Waals surface area contributed by atoms with Crippen LogP contribution in [0.1, 0.15) is 88.9 Å². The fraction of sp³-hybridized carbons (Fsp3) is 0.568. The Labute approximate surface area is 331 Å². The van der Waals surface area contributed by atoms with Gasteiger partial charge in [0.15, 0.2) is 17.4 Å². The molecule has 0 aromatic heterocycles. The van der Waals surface area contributed by atoms with E-state index in [9.17, 15) is 33.1 Å². The number of benzene rings is 2. The highest BCUT2D eigenvalue weighted by Crippen LogP contribution is 2.35. The topological polar surface area (TPSA) is 151 Å². The lowest BCUT2D eigenvalue weighted by molar-refractivity contribution is -0.304. The van der Waals surface area contributed by atoms with E-state index >= 15 is 0 Å². The highest BCUT2D eigenvalue weighted by molar-refractivity contribution is 14.0. The Hall–Kier alpha value is -2.27. The van der Waals surface area contributed by atoms with E-state index in [1.165, 1.54) is 30.3 Å². The van der Waals surface area contributed by atoms with Crippen LogP contribution in [0.25, 0.3) is 0 Å². The molecule has 0 spiro atoms. The van der Waals surface area contributed by atoms with Crippen molar-refractivity contribution >= 4 is 70.6 Å². The third-order valence-electron chi connectivity index (χ3n) is 8.31. The fourth-order valence-electron chi connectivity index (χ4n) is 4.92. The van der Waals surface area contributed by atoms with E-state index in [2.05, 4.69) is 10.6 Å². The van der Waals surface area contributed by atoms with Crippen molar-refractivity contribution in [2.75, 3.05) is 26.3 Å². The van der Waals surface area contributed by atoms with Crippen LogP contribution in [0.4, 0.5) is 8.78 Å². The summed E-state index contributed by atoms with van der Waals surface area (Å²) in [4.78, 5) is 48.9. The summed E-state index contributed by atoms with van der Waals surface area (Å²) in [5, 5.41) is 25.0. The Morgan fingerprint density at radius 1 is 0.885 bits per heavy atom. The maximum atomic E-state index is 13.8. The van der Waals surface area contributed by atoms with Gasteiger partial charge in [-0.25, -0.2) is 8.78 Å². The predicted octanol–water partition coefficient (Wildman–Crippen LogP) is 6.78. The van der Waals surface area contributed by atoms with Crippen molar-refractivity contribution in [2.45, 2.75) is 86.2 Å². The van der Waals surface area contributed by atoms with Crippen LogP contribution in [0.2, 0.25) is 10.0 Å². The molecule has 1 aliphatic heterocycles. The molecule has 10 nitrogen and oxygen atoms in total. The lowest BCUT2D eigenvalue weighted by Crippen LogP contribution is -2.56. The molecule has 2 amide bonds. The number of nitrogens with one attached hydrogen (secondary N) is 2. The molecule has 0 radical (unpaired) electrons. The first-order valence-corrected chi connectivity index (χ1v) is 17.4. The number of carbonyl (C=O) groups is 4. The Balaban J connectivity index is 0.000000514. The van der Waals surface area contributed by atoms with Crippen molar-refractivity contribution < 1.29 is 47.6 Å². The molecule has 0 aliphatic carbocycles. The minimum Gasteiger partial charge on any atom is -0.396 e. The molecule has 2 aromatic rings. The van der Waals surface area contributed by atoms with E-state index in [0.29, 0.717) is 11.6 Å². The number of carbonyl (C=O) groups excluding carboxylic acids is 4. The summed E-state index contributed by atoms with van der Waals surface area (Å²) in [6, 6.07) is 7.67. The van der Waals surface area contributed by atoms with Crippen molar-refractivity contribution in [3.63, 3.8) is 0 Å². The monoisotopic (exact) mass is 886 g/mol. The number of aliphatic hydroxyl groups excluding tert-OH is 2. The lowest BCUT2D eigenvalue weighted by Gasteiger charge is -2.44. The number of hydrogen-bond acceptors (Lipinski definition) is 8. The van der Waals surface area contributed by atoms with Crippen LogP contribution in [0.5, 0.6) is 0 Å². The summed E-state index contributed by atoms with van der Waals surface area (Å²) in [5.74, 6) is -4.12. The van der Waals surface area contributed by atoms with E-state index in [4.69, 9.17) is 37.8 Å². The van der Waals surface area contributed by atoms with E-state index < -0.39 is 52.1 Å². The van der Waals surface area contributed by atoms with E-state index in [-0.39, 0.29) is 96.2 Å². The maximum absolute atomic E-state index is 13.8. The van der Waals surface area contributed by atoms with Crippen LogP contribution in [-0.4, -0.2) is 77.9 Å². The molecule has 4 N–H and O–H groups in total. The standard InChI is InChI=1S/C20H27ClFNO4.C17H23ClFNO4.HI/c1-12(8-16(24)14-9-13(21)6-7-15(14)22)10-23-18(25)17-19(2,3)11-26-20(4,5)27-17;1-10(8-20-16(24)15(23)17(2,3)9-21)6-14(22)12-7-11(18)4-5-13(12)19;/h6-7,9,12,17H,8,10-11H2,1-5H3,(H,23,25);4-5,7,10,15,21,23H,6,8-9H2,1-3H3,(H,20,24);1H/t12-,17+;10-,15+;/m11./s1. The Bertz CT molecular complexity index is 1560. The van der Waals surface area contributed by atoms with Crippen LogP contribution in [0, 0.1) is 34.3 Å². The minimum absolute atomic E-state index is 0. The molecule has 1 saturated heterocycles. The molecular formula is C37H51Cl2F2IN2O8. The lowest BCUT2D eigenvalue weighted by atomic mass is 9.85. The fourth-order valence-corrected chi connectivity index (χ4v) is 5.27. The van der Waals surface area contributed by atoms with Crippen LogP contribution in [0.3, 0.4) is 0 Å². The van der Waals surface area contributed by atoms with Gasteiger partial charge in [-0.2, -0.15) is 0 Å². The molecule has 1 fully saturated rings. The first-order valence-electron chi connectivity index (χ1n) is 16.6. The summed E-state index contributed by atoms with van der Waals surface area (Å²) in [7, 11) is 0. The van der Waals surface area contributed by atoms with Gasteiger partial charge in [0.2, 0.25) is 11.8 Å². The van der Waals surface area contributed by atoms with Crippen molar-refractivity contribution in [1.29, 1.82) is 0 Å². The highest BCUT2D eigenvalue weighted by atomic mass is 127. The van der Waals surface area contributed by atoms with Crippen molar-refractivity contribution in [3.8, 4) is 0 Å².